The minimum absolute atomic E-state index is 0.396. The van der Waals surface area contributed by atoms with Gasteiger partial charge >= 0.3 is 0 Å². The highest BCUT2D eigenvalue weighted by Crippen LogP contribution is 2.31. The second-order valence-corrected chi connectivity index (χ2v) is 5.52. The SMILES string of the molecule is COc1ccc(OC)c(Nc2cnnc(NCc3ccccc3OC)n2)c1. The molecular formula is C19H21N5O3. The Balaban J connectivity index is 1.74. The first kappa shape index (κ1) is 18.2. The number of benzene rings is 2. The maximum atomic E-state index is 5.37. The molecule has 0 aliphatic heterocycles. The highest BCUT2D eigenvalue weighted by molar-refractivity contribution is 5.66. The van der Waals surface area contributed by atoms with Gasteiger partial charge in [-0.15, -0.1) is 5.10 Å². The summed E-state index contributed by atoms with van der Waals surface area (Å²) >= 11 is 0. The Kier molecular flexibility index (Phi) is 5.88. The molecule has 0 saturated heterocycles. The molecule has 3 rings (SSSR count). The number of anilines is 3. The molecule has 0 bridgehead atoms. The van der Waals surface area contributed by atoms with Crippen LogP contribution in [0.25, 0.3) is 0 Å². The van der Waals surface area contributed by atoms with E-state index in [1.165, 1.54) is 6.20 Å². The number of nitrogens with zero attached hydrogens (tertiary/aromatic N) is 3. The quantitative estimate of drug-likeness (QED) is 0.627. The van der Waals surface area contributed by atoms with Gasteiger partial charge in [0.1, 0.15) is 17.2 Å². The fraction of sp³-hybridized carbons (Fsp3) is 0.211. The van der Waals surface area contributed by atoms with E-state index in [1.54, 1.807) is 21.3 Å². The summed E-state index contributed by atoms with van der Waals surface area (Å²) in [5.41, 5.74) is 1.71. The van der Waals surface area contributed by atoms with Crippen LogP contribution in [0.1, 0.15) is 5.56 Å². The summed E-state index contributed by atoms with van der Waals surface area (Å²) in [5, 5.41) is 14.3. The third-order valence-corrected chi connectivity index (χ3v) is 3.86. The molecule has 2 N–H and O–H groups in total. The molecule has 0 aliphatic carbocycles. The van der Waals surface area contributed by atoms with Crippen LogP contribution in [0.2, 0.25) is 0 Å². The summed E-state index contributed by atoms with van der Waals surface area (Å²) in [5.74, 6) is 3.09. The van der Waals surface area contributed by atoms with Crippen molar-refractivity contribution >= 4 is 17.5 Å². The number of methoxy groups -OCH3 is 3. The van der Waals surface area contributed by atoms with Gasteiger partial charge in [0.05, 0.1) is 33.2 Å². The lowest BCUT2D eigenvalue weighted by molar-refractivity contribution is 0.405. The van der Waals surface area contributed by atoms with Crippen molar-refractivity contribution in [3.63, 3.8) is 0 Å². The molecule has 0 spiro atoms. The van der Waals surface area contributed by atoms with Crippen LogP contribution in [-0.4, -0.2) is 36.5 Å². The Morgan fingerprint density at radius 1 is 0.926 bits per heavy atom. The smallest absolute Gasteiger partial charge is 0.244 e. The van der Waals surface area contributed by atoms with Gasteiger partial charge in [0.15, 0.2) is 5.82 Å². The van der Waals surface area contributed by atoms with Crippen LogP contribution < -0.4 is 24.8 Å². The van der Waals surface area contributed by atoms with E-state index in [0.717, 1.165) is 11.3 Å². The minimum Gasteiger partial charge on any atom is -0.497 e. The van der Waals surface area contributed by atoms with Crippen LogP contribution in [0, 0.1) is 0 Å². The predicted molar refractivity (Wildman–Crippen MR) is 103 cm³/mol. The third kappa shape index (κ3) is 4.55. The number of ether oxygens (including phenoxy) is 3. The fourth-order valence-electron chi connectivity index (χ4n) is 2.51. The summed E-state index contributed by atoms with van der Waals surface area (Å²) < 4.78 is 16.0. The molecular weight excluding hydrogens is 346 g/mol. The maximum Gasteiger partial charge on any atom is 0.244 e. The fourth-order valence-corrected chi connectivity index (χ4v) is 2.51. The molecule has 0 aliphatic rings. The van der Waals surface area contributed by atoms with Gasteiger partial charge in [-0.25, -0.2) is 0 Å². The molecule has 8 nitrogen and oxygen atoms in total. The molecule has 27 heavy (non-hydrogen) atoms. The number of hydrogen-bond acceptors (Lipinski definition) is 8. The Labute approximate surface area is 157 Å². The van der Waals surface area contributed by atoms with Gasteiger partial charge in [0.25, 0.3) is 0 Å². The van der Waals surface area contributed by atoms with Gasteiger partial charge in [-0.3, -0.25) is 0 Å². The van der Waals surface area contributed by atoms with Crippen LogP contribution in [0.15, 0.2) is 48.7 Å². The molecule has 0 amide bonds. The summed E-state index contributed by atoms with van der Waals surface area (Å²) in [6, 6.07) is 13.2. The van der Waals surface area contributed by atoms with Gasteiger partial charge in [-0.2, -0.15) is 10.1 Å². The first-order chi connectivity index (χ1) is 13.2. The monoisotopic (exact) mass is 367 g/mol. The summed E-state index contributed by atoms with van der Waals surface area (Å²) in [6.45, 7) is 0.512. The van der Waals surface area contributed by atoms with Gasteiger partial charge in [-0.05, 0) is 18.2 Å². The summed E-state index contributed by atoms with van der Waals surface area (Å²) in [7, 11) is 4.85. The summed E-state index contributed by atoms with van der Waals surface area (Å²) in [6.07, 6.45) is 1.53. The van der Waals surface area contributed by atoms with E-state index < -0.39 is 0 Å². The van der Waals surface area contributed by atoms with E-state index in [-0.39, 0.29) is 0 Å². The lowest BCUT2D eigenvalue weighted by Gasteiger charge is -2.13. The molecule has 3 aromatic rings. The van der Waals surface area contributed by atoms with E-state index in [4.69, 9.17) is 14.2 Å². The van der Waals surface area contributed by atoms with Crippen molar-refractivity contribution in [1.82, 2.24) is 15.2 Å². The highest BCUT2D eigenvalue weighted by atomic mass is 16.5. The number of para-hydroxylation sites is 1. The van der Waals surface area contributed by atoms with Crippen LogP contribution >= 0.6 is 0 Å². The lowest BCUT2D eigenvalue weighted by atomic mass is 10.2. The van der Waals surface area contributed by atoms with Crippen LogP contribution in [0.3, 0.4) is 0 Å². The van der Waals surface area contributed by atoms with Crippen molar-refractivity contribution in [3.05, 3.63) is 54.2 Å². The topological polar surface area (TPSA) is 90.4 Å². The van der Waals surface area contributed by atoms with E-state index in [2.05, 4.69) is 25.8 Å². The number of rotatable bonds is 8. The van der Waals surface area contributed by atoms with E-state index in [0.29, 0.717) is 35.5 Å². The molecule has 0 atom stereocenters. The van der Waals surface area contributed by atoms with Gasteiger partial charge in [0.2, 0.25) is 5.95 Å². The van der Waals surface area contributed by atoms with Gasteiger partial charge in [-0.1, -0.05) is 18.2 Å². The number of aromatic nitrogens is 3. The molecule has 0 saturated carbocycles. The Hall–Kier alpha value is -3.55. The van der Waals surface area contributed by atoms with E-state index in [1.807, 2.05) is 42.5 Å². The Bertz CT molecular complexity index is 904. The lowest BCUT2D eigenvalue weighted by Crippen LogP contribution is -2.07. The first-order valence-electron chi connectivity index (χ1n) is 8.28. The number of nitrogens with one attached hydrogen (secondary N) is 2. The molecule has 0 radical (unpaired) electrons. The van der Waals surface area contributed by atoms with Crippen molar-refractivity contribution in [2.24, 2.45) is 0 Å². The predicted octanol–water partition coefficient (Wildman–Crippen LogP) is 3.25. The normalized spacial score (nSPS) is 10.2. The molecule has 1 aromatic heterocycles. The molecule has 8 heteroatoms. The van der Waals surface area contributed by atoms with Crippen LogP contribution in [0.4, 0.5) is 17.5 Å². The molecule has 2 aromatic carbocycles. The van der Waals surface area contributed by atoms with E-state index in [9.17, 15) is 0 Å². The standard InChI is InChI=1S/C19H21N5O3/c1-25-14-8-9-17(27-3)15(10-14)22-18-12-21-24-19(23-18)20-11-13-6-4-5-7-16(13)26-2/h4-10,12H,11H2,1-3H3,(H2,20,22,23,24). The first-order valence-corrected chi connectivity index (χ1v) is 8.28. The zero-order valence-corrected chi connectivity index (χ0v) is 15.4. The molecule has 140 valence electrons. The number of hydrogen-bond donors (Lipinski definition) is 2. The molecule has 0 unspecified atom stereocenters. The second kappa shape index (κ2) is 8.70. The minimum atomic E-state index is 0.396. The maximum absolute atomic E-state index is 5.37. The van der Waals surface area contributed by atoms with Crippen molar-refractivity contribution in [2.45, 2.75) is 6.54 Å². The zero-order valence-electron chi connectivity index (χ0n) is 15.4. The van der Waals surface area contributed by atoms with Crippen molar-refractivity contribution in [1.29, 1.82) is 0 Å². The molecule has 0 fully saturated rings. The zero-order chi connectivity index (χ0) is 19.1. The van der Waals surface area contributed by atoms with Gasteiger partial charge < -0.3 is 24.8 Å². The van der Waals surface area contributed by atoms with Crippen molar-refractivity contribution in [3.8, 4) is 17.2 Å². The van der Waals surface area contributed by atoms with Crippen LogP contribution in [-0.2, 0) is 6.54 Å². The Morgan fingerprint density at radius 2 is 1.74 bits per heavy atom. The Morgan fingerprint density at radius 3 is 2.52 bits per heavy atom. The third-order valence-electron chi connectivity index (χ3n) is 3.86. The van der Waals surface area contributed by atoms with Crippen LogP contribution in [0.5, 0.6) is 17.2 Å². The average Bonchev–Trinajstić information content (AvgIpc) is 2.72. The summed E-state index contributed by atoms with van der Waals surface area (Å²) in [4.78, 5) is 4.44. The van der Waals surface area contributed by atoms with E-state index >= 15 is 0 Å². The average molecular weight is 367 g/mol. The highest BCUT2D eigenvalue weighted by Gasteiger charge is 2.08. The van der Waals surface area contributed by atoms with Gasteiger partial charge in [0, 0.05) is 18.2 Å². The van der Waals surface area contributed by atoms with Crippen molar-refractivity contribution < 1.29 is 14.2 Å². The molecule has 1 heterocycles. The van der Waals surface area contributed by atoms with Crippen molar-refractivity contribution in [2.75, 3.05) is 32.0 Å². The largest absolute Gasteiger partial charge is 0.497 e. The second-order valence-electron chi connectivity index (χ2n) is 5.52.